The van der Waals surface area contributed by atoms with E-state index < -0.39 is 11.7 Å². The highest BCUT2D eigenvalue weighted by molar-refractivity contribution is 5.92. The predicted octanol–water partition coefficient (Wildman–Crippen LogP) is 1.89. The molecule has 3 aliphatic heterocycles. The number of aliphatic hydroxyl groups is 1. The highest BCUT2D eigenvalue weighted by Crippen LogP contribution is 2.80. The van der Waals surface area contributed by atoms with Gasteiger partial charge in [-0.25, -0.2) is 4.79 Å². The summed E-state index contributed by atoms with van der Waals surface area (Å²) in [7, 11) is 0. The van der Waals surface area contributed by atoms with Crippen molar-refractivity contribution >= 4 is 5.97 Å². The largest absolute Gasteiger partial charge is 0.454 e. The molecule has 0 spiro atoms. The van der Waals surface area contributed by atoms with E-state index in [1.807, 2.05) is 6.92 Å². The van der Waals surface area contributed by atoms with Gasteiger partial charge in [-0.2, -0.15) is 0 Å². The van der Waals surface area contributed by atoms with E-state index >= 15 is 0 Å². The van der Waals surface area contributed by atoms with Crippen LogP contribution in [0, 0.1) is 17.8 Å². The summed E-state index contributed by atoms with van der Waals surface area (Å²) in [5, 5.41) is 11.1. The third-order valence-electron chi connectivity index (χ3n) is 8.08. The average molecular weight is 344 g/mol. The van der Waals surface area contributed by atoms with Crippen LogP contribution in [0.25, 0.3) is 0 Å². The first-order chi connectivity index (χ1) is 11.8. The molecule has 6 rings (SSSR count). The summed E-state index contributed by atoms with van der Waals surface area (Å²) in [6.07, 6.45) is 1.68. The van der Waals surface area contributed by atoms with Crippen LogP contribution in [-0.2, 0) is 19.0 Å². The van der Waals surface area contributed by atoms with Crippen molar-refractivity contribution in [3.05, 3.63) is 23.3 Å². The highest BCUT2D eigenvalue weighted by Gasteiger charge is 2.95. The molecule has 5 fully saturated rings. The fourth-order valence-electron chi connectivity index (χ4n) is 7.06. The molecule has 134 valence electrons. The molecular weight excluding hydrogens is 320 g/mol. The number of carbonyl (C=O) groups is 1. The monoisotopic (exact) mass is 344 g/mol. The maximum atomic E-state index is 12.2. The van der Waals surface area contributed by atoms with Crippen LogP contribution in [0.2, 0.25) is 0 Å². The van der Waals surface area contributed by atoms with Gasteiger partial charge in [0.1, 0.15) is 29.0 Å². The lowest BCUT2D eigenvalue weighted by Crippen LogP contribution is -2.54. The zero-order valence-electron chi connectivity index (χ0n) is 14.9. The minimum atomic E-state index is -0.595. The van der Waals surface area contributed by atoms with Crippen LogP contribution in [-0.4, -0.2) is 46.2 Å². The molecule has 0 bridgehead atoms. The molecule has 0 aromatic heterocycles. The van der Waals surface area contributed by atoms with Gasteiger partial charge in [0, 0.05) is 17.4 Å². The van der Waals surface area contributed by atoms with E-state index in [-0.39, 0.29) is 47.1 Å². The number of ether oxygens (including phenoxy) is 3. The van der Waals surface area contributed by atoms with E-state index in [1.165, 1.54) is 0 Å². The number of fused-ring (bicyclic) bond motifs is 5. The third-order valence-corrected chi connectivity index (χ3v) is 8.08. The number of hydrogen-bond donors (Lipinski definition) is 1. The lowest BCUT2D eigenvalue weighted by molar-refractivity contribution is -0.140. The van der Waals surface area contributed by atoms with Crippen LogP contribution in [0.3, 0.4) is 0 Å². The lowest BCUT2D eigenvalue weighted by Gasteiger charge is -2.40. The molecule has 2 saturated heterocycles. The van der Waals surface area contributed by atoms with Gasteiger partial charge in [-0.05, 0) is 44.6 Å². The Hall–Kier alpha value is -1.17. The van der Waals surface area contributed by atoms with Crippen LogP contribution in [0.4, 0.5) is 0 Å². The van der Waals surface area contributed by atoms with Gasteiger partial charge < -0.3 is 19.3 Å². The summed E-state index contributed by atoms with van der Waals surface area (Å²) in [6.45, 7) is 10.5. The zero-order chi connectivity index (χ0) is 17.5. The second kappa shape index (κ2) is 3.90. The van der Waals surface area contributed by atoms with E-state index in [0.717, 1.165) is 36.0 Å². The van der Waals surface area contributed by atoms with Gasteiger partial charge in [0.05, 0.1) is 6.10 Å². The SMILES string of the molecule is C=C1CC[C@@H]2OC(=O)C(C)=C2[C@@H]2[C@@H]1[C@@]13O[C@@]1(C[C@@H](C)[C@H]3O)[C@H]1O[C@@]21C. The Bertz CT molecular complexity index is 785. The topological polar surface area (TPSA) is 71.6 Å². The molecule has 1 N–H and O–H groups in total. The quantitative estimate of drug-likeness (QED) is 0.413. The maximum Gasteiger partial charge on any atom is 0.334 e. The molecule has 3 heterocycles. The van der Waals surface area contributed by atoms with Crippen LogP contribution in [0.15, 0.2) is 23.3 Å². The van der Waals surface area contributed by atoms with Crippen molar-refractivity contribution in [2.45, 2.75) is 75.1 Å². The first-order valence-corrected chi connectivity index (χ1v) is 9.43. The molecule has 25 heavy (non-hydrogen) atoms. The van der Waals surface area contributed by atoms with Crippen molar-refractivity contribution in [3.63, 3.8) is 0 Å². The van der Waals surface area contributed by atoms with Gasteiger partial charge in [-0.15, -0.1) is 0 Å². The number of epoxide rings is 2. The molecule has 3 saturated carbocycles. The molecule has 0 radical (unpaired) electrons. The van der Waals surface area contributed by atoms with Gasteiger partial charge >= 0.3 is 5.97 Å². The summed E-state index contributed by atoms with van der Waals surface area (Å²) in [5.74, 6) is -0.0389. The minimum Gasteiger partial charge on any atom is -0.454 e. The molecule has 0 amide bonds. The number of aliphatic hydroxyl groups excluding tert-OH is 1. The van der Waals surface area contributed by atoms with Crippen LogP contribution in [0.5, 0.6) is 0 Å². The number of carbonyl (C=O) groups excluding carboxylic acids is 1. The summed E-state index contributed by atoms with van der Waals surface area (Å²) in [6, 6.07) is 0. The van der Waals surface area contributed by atoms with Crippen molar-refractivity contribution in [1.29, 1.82) is 0 Å². The van der Waals surface area contributed by atoms with E-state index in [2.05, 4.69) is 20.4 Å². The van der Waals surface area contributed by atoms with Gasteiger partial charge in [0.2, 0.25) is 0 Å². The van der Waals surface area contributed by atoms with Crippen molar-refractivity contribution in [2.75, 3.05) is 0 Å². The molecule has 6 aliphatic rings. The first kappa shape index (κ1) is 14.9. The second-order valence-electron chi connectivity index (χ2n) is 9.22. The second-order valence-corrected chi connectivity index (χ2v) is 9.22. The Morgan fingerprint density at radius 3 is 2.84 bits per heavy atom. The van der Waals surface area contributed by atoms with Crippen LogP contribution >= 0.6 is 0 Å². The van der Waals surface area contributed by atoms with E-state index in [0.29, 0.717) is 0 Å². The molecule has 0 unspecified atom stereocenters. The fourth-order valence-corrected chi connectivity index (χ4v) is 7.06. The lowest BCUT2D eigenvalue weighted by atomic mass is 9.58. The smallest absolute Gasteiger partial charge is 0.334 e. The molecule has 3 aliphatic carbocycles. The third kappa shape index (κ3) is 1.31. The van der Waals surface area contributed by atoms with Crippen molar-refractivity contribution in [2.24, 2.45) is 17.8 Å². The zero-order valence-corrected chi connectivity index (χ0v) is 14.9. The normalized spacial score (nSPS) is 60.8. The number of esters is 1. The summed E-state index contributed by atoms with van der Waals surface area (Å²) in [4.78, 5) is 12.2. The molecule has 0 aromatic rings. The van der Waals surface area contributed by atoms with Crippen molar-refractivity contribution < 1.29 is 24.1 Å². The average Bonchev–Trinajstić information content (AvgIpc) is 3.39. The number of hydrogen-bond acceptors (Lipinski definition) is 5. The highest BCUT2D eigenvalue weighted by atomic mass is 16.7. The van der Waals surface area contributed by atoms with Crippen LogP contribution in [0.1, 0.15) is 40.0 Å². The Balaban J connectivity index is 1.59. The van der Waals surface area contributed by atoms with Gasteiger partial charge in [-0.3, -0.25) is 0 Å². The van der Waals surface area contributed by atoms with Crippen molar-refractivity contribution in [1.82, 2.24) is 0 Å². The maximum absolute atomic E-state index is 12.2. The molecular formula is C20H24O5. The summed E-state index contributed by atoms with van der Waals surface area (Å²) < 4.78 is 18.4. The van der Waals surface area contributed by atoms with Crippen molar-refractivity contribution in [3.8, 4) is 0 Å². The molecule has 9 atom stereocenters. The summed E-state index contributed by atoms with van der Waals surface area (Å²) in [5.41, 5.74) is 1.58. The minimum absolute atomic E-state index is 0.000440. The Morgan fingerprint density at radius 2 is 2.08 bits per heavy atom. The van der Waals surface area contributed by atoms with Gasteiger partial charge in [0.15, 0.2) is 0 Å². The standard InChI is InChI=1S/C20H24O5/c1-8-5-6-11-12(10(3)16(22)23-11)14-13(8)20-15(21)9(2)7-19(20,25-20)17-18(14,4)24-17/h9,11,13-15,17,21H,1,5-7H2,2-4H3/t9-,11+,13-,14-,15-,17+,18+,19+,20+/m1/s1. The Labute approximate surface area is 147 Å². The van der Waals surface area contributed by atoms with E-state index in [4.69, 9.17) is 14.2 Å². The fraction of sp³-hybridized carbons (Fsp3) is 0.750. The number of rotatable bonds is 0. The van der Waals surface area contributed by atoms with Gasteiger partial charge in [0.25, 0.3) is 0 Å². The Morgan fingerprint density at radius 1 is 1.32 bits per heavy atom. The van der Waals surface area contributed by atoms with Gasteiger partial charge in [-0.1, -0.05) is 19.1 Å². The Kier molecular flexibility index (Phi) is 2.33. The first-order valence-electron chi connectivity index (χ1n) is 9.43. The molecule has 5 nitrogen and oxygen atoms in total. The predicted molar refractivity (Wildman–Crippen MR) is 87.5 cm³/mol. The van der Waals surface area contributed by atoms with E-state index in [1.54, 1.807) is 0 Å². The van der Waals surface area contributed by atoms with Crippen LogP contribution < -0.4 is 0 Å². The molecule has 0 aromatic carbocycles. The van der Waals surface area contributed by atoms with E-state index in [9.17, 15) is 9.90 Å². The summed E-state index contributed by atoms with van der Waals surface area (Å²) >= 11 is 0. The molecule has 5 heteroatoms.